The van der Waals surface area contributed by atoms with Crippen LogP contribution in [-0.4, -0.2) is 27.2 Å². The zero-order valence-corrected chi connectivity index (χ0v) is 12.6. The molecule has 108 valence electrons. The van der Waals surface area contributed by atoms with Crippen molar-refractivity contribution in [1.82, 2.24) is 0 Å². The normalized spacial score (nSPS) is 12.5. The monoisotopic (exact) mass is 287 g/mol. The Morgan fingerprint density at radius 2 is 1.84 bits per heavy atom. The molecule has 0 aliphatic carbocycles. The van der Waals surface area contributed by atoms with E-state index in [-0.39, 0.29) is 10.5 Å². The highest BCUT2D eigenvalue weighted by Crippen LogP contribution is 2.21. The summed E-state index contributed by atoms with van der Waals surface area (Å²) < 4.78 is 33.4. The molecule has 1 aromatic rings. The lowest BCUT2D eigenvalue weighted by atomic mass is 10.2. The number of ether oxygens (including phenoxy) is 2. The van der Waals surface area contributed by atoms with Crippen LogP contribution < -0.4 is 9.88 Å². The van der Waals surface area contributed by atoms with Crippen LogP contribution in [0.1, 0.15) is 26.3 Å². The molecule has 0 aliphatic rings. The first-order valence-corrected chi connectivity index (χ1v) is 7.54. The second-order valence-corrected chi connectivity index (χ2v) is 6.84. The number of aryl methyl sites for hydroxylation is 1. The first-order chi connectivity index (χ1) is 8.59. The molecule has 5 nitrogen and oxygen atoms in total. The van der Waals surface area contributed by atoms with Crippen molar-refractivity contribution in [2.75, 3.05) is 13.2 Å². The van der Waals surface area contributed by atoms with Gasteiger partial charge in [-0.3, -0.25) is 0 Å². The highest BCUT2D eigenvalue weighted by Gasteiger charge is 2.11. The van der Waals surface area contributed by atoms with E-state index < -0.39 is 10.0 Å². The molecule has 0 fully saturated rings. The fourth-order valence-corrected chi connectivity index (χ4v) is 2.06. The Morgan fingerprint density at radius 1 is 1.21 bits per heavy atom. The quantitative estimate of drug-likeness (QED) is 0.838. The number of hydrogen-bond donors (Lipinski definition) is 1. The van der Waals surface area contributed by atoms with Crippen LogP contribution in [-0.2, 0) is 14.8 Å². The first-order valence-electron chi connectivity index (χ1n) is 6.00. The van der Waals surface area contributed by atoms with Gasteiger partial charge in [-0.15, -0.1) is 0 Å². The van der Waals surface area contributed by atoms with Crippen LogP contribution in [0.3, 0.4) is 0 Å². The van der Waals surface area contributed by atoms with Crippen molar-refractivity contribution in [2.24, 2.45) is 5.14 Å². The van der Waals surface area contributed by atoms with Gasteiger partial charge in [-0.1, -0.05) is 0 Å². The van der Waals surface area contributed by atoms with E-state index in [0.29, 0.717) is 19.0 Å². The van der Waals surface area contributed by atoms with Gasteiger partial charge in [0.1, 0.15) is 12.4 Å². The van der Waals surface area contributed by atoms with E-state index in [2.05, 4.69) is 0 Å². The second kappa shape index (κ2) is 5.90. The van der Waals surface area contributed by atoms with Gasteiger partial charge in [-0.05, 0) is 51.5 Å². The molecule has 0 heterocycles. The number of hydrogen-bond acceptors (Lipinski definition) is 4. The minimum Gasteiger partial charge on any atom is -0.491 e. The molecule has 0 saturated carbocycles. The molecule has 2 N–H and O–H groups in total. The molecule has 0 spiro atoms. The minimum atomic E-state index is -3.67. The van der Waals surface area contributed by atoms with Crippen LogP contribution in [0.4, 0.5) is 0 Å². The second-order valence-electron chi connectivity index (χ2n) is 5.28. The number of rotatable bonds is 5. The van der Waals surface area contributed by atoms with E-state index in [1.165, 1.54) is 12.1 Å². The van der Waals surface area contributed by atoms with Crippen molar-refractivity contribution in [2.45, 2.75) is 38.2 Å². The lowest BCUT2D eigenvalue weighted by Crippen LogP contribution is -2.22. The minimum absolute atomic E-state index is 0.0864. The smallest absolute Gasteiger partial charge is 0.238 e. The summed E-state index contributed by atoms with van der Waals surface area (Å²) in [5.74, 6) is 0.630. The predicted molar refractivity (Wildman–Crippen MR) is 73.8 cm³/mol. The standard InChI is InChI=1S/C13H21NO4S/c1-10-9-11(19(14,15)16)5-6-12(10)17-7-8-18-13(2,3)4/h5-6,9H,7-8H2,1-4H3,(H2,14,15,16). The Balaban J connectivity index is 2.61. The van der Waals surface area contributed by atoms with Gasteiger partial charge in [-0.2, -0.15) is 0 Å². The van der Waals surface area contributed by atoms with E-state index in [0.717, 1.165) is 5.56 Å². The maximum atomic E-state index is 11.2. The van der Waals surface area contributed by atoms with Crippen LogP contribution in [0.5, 0.6) is 5.75 Å². The highest BCUT2D eigenvalue weighted by atomic mass is 32.2. The third kappa shape index (κ3) is 5.59. The van der Waals surface area contributed by atoms with Crippen LogP contribution in [0.15, 0.2) is 23.1 Å². The third-order valence-corrected chi connectivity index (χ3v) is 3.26. The van der Waals surface area contributed by atoms with Gasteiger partial charge in [0.25, 0.3) is 0 Å². The van der Waals surface area contributed by atoms with Gasteiger partial charge in [0.15, 0.2) is 0 Å². The molecule has 6 heteroatoms. The zero-order valence-electron chi connectivity index (χ0n) is 11.8. The summed E-state index contributed by atoms with van der Waals surface area (Å²) in [6.45, 7) is 8.57. The summed E-state index contributed by atoms with van der Waals surface area (Å²) in [4.78, 5) is 0.0864. The molecule has 0 aliphatic heterocycles. The Kier molecular flexibility index (Phi) is 4.95. The third-order valence-electron chi connectivity index (χ3n) is 2.35. The van der Waals surface area contributed by atoms with Crippen molar-refractivity contribution >= 4 is 10.0 Å². The maximum Gasteiger partial charge on any atom is 0.238 e. The van der Waals surface area contributed by atoms with Crippen molar-refractivity contribution < 1.29 is 17.9 Å². The van der Waals surface area contributed by atoms with Crippen molar-refractivity contribution in [3.05, 3.63) is 23.8 Å². The summed E-state index contributed by atoms with van der Waals surface area (Å²) in [5.41, 5.74) is 0.526. The van der Waals surface area contributed by atoms with Gasteiger partial charge in [0.2, 0.25) is 10.0 Å². The largest absolute Gasteiger partial charge is 0.491 e. The SMILES string of the molecule is Cc1cc(S(N)(=O)=O)ccc1OCCOC(C)(C)C. The molecule has 0 aromatic heterocycles. The average Bonchev–Trinajstić information content (AvgIpc) is 2.23. The lowest BCUT2D eigenvalue weighted by Gasteiger charge is -2.19. The van der Waals surface area contributed by atoms with Gasteiger partial charge >= 0.3 is 0 Å². The lowest BCUT2D eigenvalue weighted by molar-refractivity contribution is -0.0163. The number of sulfonamides is 1. The Morgan fingerprint density at radius 3 is 2.32 bits per heavy atom. The van der Waals surface area contributed by atoms with E-state index >= 15 is 0 Å². The molecule has 0 amide bonds. The molecular weight excluding hydrogens is 266 g/mol. The van der Waals surface area contributed by atoms with Crippen molar-refractivity contribution in [3.8, 4) is 5.75 Å². The average molecular weight is 287 g/mol. The fraction of sp³-hybridized carbons (Fsp3) is 0.538. The molecular formula is C13H21NO4S. The zero-order chi connectivity index (χ0) is 14.7. The summed E-state index contributed by atoms with van der Waals surface area (Å²) in [7, 11) is -3.67. The van der Waals surface area contributed by atoms with Crippen molar-refractivity contribution in [1.29, 1.82) is 0 Å². The molecule has 0 saturated heterocycles. The molecule has 1 rings (SSSR count). The van der Waals surface area contributed by atoms with Crippen molar-refractivity contribution in [3.63, 3.8) is 0 Å². The van der Waals surface area contributed by atoms with Crippen LogP contribution in [0, 0.1) is 6.92 Å². The molecule has 0 radical (unpaired) electrons. The van der Waals surface area contributed by atoms with Crippen LogP contribution in [0.2, 0.25) is 0 Å². The predicted octanol–water partition coefficient (Wildman–Crippen LogP) is 1.84. The highest BCUT2D eigenvalue weighted by molar-refractivity contribution is 7.89. The van der Waals surface area contributed by atoms with Crippen LogP contribution in [0.25, 0.3) is 0 Å². The van der Waals surface area contributed by atoms with E-state index in [4.69, 9.17) is 14.6 Å². The van der Waals surface area contributed by atoms with Gasteiger partial charge in [0, 0.05) is 0 Å². The van der Waals surface area contributed by atoms with E-state index in [9.17, 15) is 8.42 Å². The Bertz CT molecular complexity index is 532. The topological polar surface area (TPSA) is 78.6 Å². The maximum absolute atomic E-state index is 11.2. The molecule has 0 unspecified atom stereocenters. The van der Waals surface area contributed by atoms with Gasteiger partial charge < -0.3 is 9.47 Å². The molecule has 0 bridgehead atoms. The van der Waals surface area contributed by atoms with E-state index in [1.807, 2.05) is 20.8 Å². The number of nitrogens with two attached hydrogens (primary N) is 1. The van der Waals surface area contributed by atoms with E-state index in [1.54, 1.807) is 13.0 Å². The summed E-state index contributed by atoms with van der Waals surface area (Å²) in [5, 5.41) is 5.06. The Hall–Kier alpha value is -1.11. The number of primary sulfonamides is 1. The number of benzene rings is 1. The molecule has 0 atom stereocenters. The van der Waals surface area contributed by atoms with Gasteiger partial charge in [0.05, 0.1) is 17.1 Å². The molecule has 19 heavy (non-hydrogen) atoms. The fourth-order valence-electron chi connectivity index (χ4n) is 1.46. The summed E-state index contributed by atoms with van der Waals surface area (Å²) in [6.07, 6.45) is 0. The summed E-state index contributed by atoms with van der Waals surface area (Å²) in [6, 6.07) is 4.53. The summed E-state index contributed by atoms with van der Waals surface area (Å²) >= 11 is 0. The first kappa shape index (κ1) is 15.9. The Labute approximate surface area is 114 Å². The molecule has 1 aromatic carbocycles. The van der Waals surface area contributed by atoms with Gasteiger partial charge in [-0.25, -0.2) is 13.6 Å². The van der Waals surface area contributed by atoms with Crippen LogP contribution >= 0.6 is 0 Å².